The summed E-state index contributed by atoms with van der Waals surface area (Å²) in [6, 6.07) is 22.7. The molecule has 2 aromatic carbocycles. The highest BCUT2D eigenvalue weighted by atomic mass is 35.5. The normalized spacial score (nSPS) is 17.6. The van der Waals surface area contributed by atoms with Crippen LogP contribution in [0.4, 0.5) is 11.4 Å². The molecule has 2 aromatic heterocycles. The van der Waals surface area contributed by atoms with Gasteiger partial charge in [0.1, 0.15) is 0 Å². The third-order valence-corrected chi connectivity index (χ3v) is 7.59. The van der Waals surface area contributed by atoms with Crippen LogP contribution in [0.15, 0.2) is 79.0 Å². The molecule has 1 saturated heterocycles. The van der Waals surface area contributed by atoms with Crippen LogP contribution in [0, 0.1) is 13.8 Å². The van der Waals surface area contributed by atoms with Crippen molar-refractivity contribution < 1.29 is 8.42 Å². The van der Waals surface area contributed by atoms with Gasteiger partial charge in [0, 0.05) is 39.7 Å². The number of nitrogens with zero attached hydrogens (tertiary/aromatic N) is 3. The number of benzene rings is 2. The van der Waals surface area contributed by atoms with Crippen LogP contribution in [-0.2, 0) is 10.0 Å². The number of sulfonamides is 1. The van der Waals surface area contributed by atoms with E-state index in [2.05, 4.69) is 44.4 Å². The number of anilines is 2. The first-order valence-corrected chi connectivity index (χ1v) is 14.3. The number of halogens is 1. The predicted octanol–water partition coefficient (Wildman–Crippen LogP) is 5.69. The van der Waals surface area contributed by atoms with Gasteiger partial charge in [-0.2, -0.15) is 0 Å². The van der Waals surface area contributed by atoms with Crippen molar-refractivity contribution in [3.8, 4) is 5.69 Å². The van der Waals surface area contributed by atoms with Crippen molar-refractivity contribution in [1.82, 2.24) is 14.9 Å². The van der Waals surface area contributed by atoms with Gasteiger partial charge in [0.2, 0.25) is 10.0 Å². The van der Waals surface area contributed by atoms with E-state index in [1.54, 1.807) is 18.3 Å². The van der Waals surface area contributed by atoms with Gasteiger partial charge in [-0.3, -0.25) is 9.71 Å². The quantitative estimate of drug-likeness (QED) is 0.300. The number of nitrogens with one attached hydrogen (secondary N) is 2. The average molecular weight is 552 g/mol. The molecule has 0 aliphatic carbocycles. The Morgan fingerprint density at radius 1 is 1.00 bits per heavy atom. The Morgan fingerprint density at radius 2 is 1.68 bits per heavy atom. The molecule has 37 heavy (non-hydrogen) atoms. The number of hydrogen-bond acceptors (Lipinski definition) is 4. The maximum atomic E-state index is 11.7. The molecule has 3 heterocycles. The van der Waals surface area contributed by atoms with Crippen molar-refractivity contribution in [3.05, 3.63) is 107 Å². The van der Waals surface area contributed by atoms with E-state index < -0.39 is 10.0 Å². The summed E-state index contributed by atoms with van der Waals surface area (Å²) in [6.07, 6.45) is 2.91. The summed E-state index contributed by atoms with van der Waals surface area (Å²) in [5.41, 5.74) is 6.51. The van der Waals surface area contributed by atoms with Crippen molar-refractivity contribution in [2.45, 2.75) is 25.9 Å². The summed E-state index contributed by atoms with van der Waals surface area (Å²) in [6.45, 7) is 4.18. The number of rotatable bonds is 6. The number of hydrogen-bond donors (Lipinski definition) is 2. The van der Waals surface area contributed by atoms with E-state index >= 15 is 0 Å². The molecule has 1 fully saturated rings. The van der Waals surface area contributed by atoms with Crippen LogP contribution < -0.4 is 14.9 Å². The van der Waals surface area contributed by atoms with Crippen LogP contribution in [0.3, 0.4) is 0 Å². The zero-order valence-corrected chi connectivity index (χ0v) is 22.9. The molecule has 0 unspecified atom stereocenters. The molecule has 2 N–H and O–H groups in total. The fraction of sp³-hybridized carbons (Fsp3) is 0.185. The molecule has 5 rings (SSSR count). The Balaban J connectivity index is 1.62. The Labute approximate surface area is 227 Å². The van der Waals surface area contributed by atoms with Crippen LogP contribution in [0.5, 0.6) is 0 Å². The van der Waals surface area contributed by atoms with E-state index in [-0.39, 0.29) is 12.1 Å². The Kier molecular flexibility index (Phi) is 6.70. The number of aryl methyl sites for hydroxylation is 1. The molecule has 0 amide bonds. The van der Waals surface area contributed by atoms with Crippen molar-refractivity contribution >= 4 is 50.3 Å². The second-order valence-corrected chi connectivity index (χ2v) is 11.6. The molecule has 10 heteroatoms. The van der Waals surface area contributed by atoms with E-state index in [0.29, 0.717) is 15.8 Å². The number of aromatic nitrogens is 2. The minimum absolute atomic E-state index is 0.191. The molecular formula is C27H26ClN5O2S2. The van der Waals surface area contributed by atoms with Crippen molar-refractivity contribution in [3.63, 3.8) is 0 Å². The highest BCUT2D eigenvalue weighted by Gasteiger charge is 2.42. The van der Waals surface area contributed by atoms with Gasteiger partial charge < -0.3 is 14.8 Å². The first-order valence-electron chi connectivity index (χ1n) is 11.7. The summed E-state index contributed by atoms with van der Waals surface area (Å²) in [5.74, 6) is 0. The van der Waals surface area contributed by atoms with Gasteiger partial charge in [-0.05, 0) is 98.4 Å². The lowest BCUT2D eigenvalue weighted by Gasteiger charge is -2.28. The van der Waals surface area contributed by atoms with Crippen LogP contribution >= 0.6 is 23.8 Å². The molecule has 1 aliphatic heterocycles. The van der Waals surface area contributed by atoms with Crippen LogP contribution in [0.1, 0.15) is 34.7 Å². The van der Waals surface area contributed by atoms with Gasteiger partial charge in [0.15, 0.2) is 5.11 Å². The average Bonchev–Trinajstić information content (AvgIpc) is 3.35. The summed E-state index contributed by atoms with van der Waals surface area (Å²) in [4.78, 5) is 6.71. The fourth-order valence-corrected chi connectivity index (χ4v) is 5.96. The third-order valence-electron chi connectivity index (χ3n) is 6.42. The van der Waals surface area contributed by atoms with Gasteiger partial charge >= 0.3 is 0 Å². The minimum atomic E-state index is -3.38. The smallest absolute Gasteiger partial charge is 0.229 e. The van der Waals surface area contributed by atoms with E-state index in [4.69, 9.17) is 23.8 Å². The highest BCUT2D eigenvalue weighted by Crippen LogP contribution is 2.44. The van der Waals surface area contributed by atoms with E-state index in [1.807, 2.05) is 54.6 Å². The molecule has 190 valence electrons. The molecule has 0 saturated carbocycles. The van der Waals surface area contributed by atoms with E-state index in [1.165, 1.54) is 0 Å². The largest absolute Gasteiger partial charge is 0.351 e. The Bertz CT molecular complexity index is 1550. The second kappa shape index (κ2) is 9.81. The molecule has 2 atom stereocenters. The van der Waals surface area contributed by atoms with E-state index in [9.17, 15) is 8.42 Å². The van der Waals surface area contributed by atoms with Gasteiger partial charge in [0.05, 0.1) is 24.0 Å². The second-order valence-electron chi connectivity index (χ2n) is 9.06. The highest BCUT2D eigenvalue weighted by molar-refractivity contribution is 7.92. The lowest BCUT2D eigenvalue weighted by atomic mass is 9.96. The van der Waals surface area contributed by atoms with Crippen molar-refractivity contribution in [1.29, 1.82) is 0 Å². The monoisotopic (exact) mass is 551 g/mol. The van der Waals surface area contributed by atoms with Crippen molar-refractivity contribution in [2.75, 3.05) is 15.9 Å². The topological polar surface area (TPSA) is 79.3 Å². The lowest BCUT2D eigenvalue weighted by Crippen LogP contribution is -2.29. The molecule has 0 spiro atoms. The maximum Gasteiger partial charge on any atom is 0.229 e. The first-order chi connectivity index (χ1) is 17.6. The molecule has 4 aromatic rings. The van der Waals surface area contributed by atoms with Crippen LogP contribution in [-0.4, -0.2) is 29.3 Å². The molecule has 1 aliphatic rings. The van der Waals surface area contributed by atoms with E-state index in [0.717, 1.165) is 40.3 Å². The molecule has 0 bridgehead atoms. The summed E-state index contributed by atoms with van der Waals surface area (Å²) in [5, 5.41) is 4.74. The summed E-state index contributed by atoms with van der Waals surface area (Å²) >= 11 is 12.0. The fourth-order valence-electron chi connectivity index (χ4n) is 4.93. The zero-order chi connectivity index (χ0) is 26.3. The first kappa shape index (κ1) is 25.3. The lowest BCUT2D eigenvalue weighted by molar-refractivity contribution is 0.565. The van der Waals surface area contributed by atoms with Gasteiger partial charge in [0.25, 0.3) is 0 Å². The van der Waals surface area contributed by atoms with Crippen LogP contribution in [0.2, 0.25) is 5.02 Å². The Hall–Kier alpha value is -3.40. The summed E-state index contributed by atoms with van der Waals surface area (Å²) < 4.78 is 28.1. The Morgan fingerprint density at radius 3 is 2.30 bits per heavy atom. The predicted molar refractivity (Wildman–Crippen MR) is 153 cm³/mol. The van der Waals surface area contributed by atoms with Crippen molar-refractivity contribution in [2.24, 2.45) is 0 Å². The standard InChI is InChI=1S/C27H26ClN5O2S2/c1-17-16-23(18(2)32(17)21-11-7-19(28)8-12-21)26-25(24-6-4-5-15-29-24)30-27(36)33(26)22-13-9-20(10-14-22)31-37(3,34)35/h4-16,25-26,31H,1-3H3,(H,30,36)/t25-,26-/m1/s1. The zero-order valence-electron chi connectivity index (χ0n) is 20.5. The maximum absolute atomic E-state index is 11.7. The molecule has 7 nitrogen and oxygen atoms in total. The SMILES string of the molecule is Cc1cc([C@@H]2[C@@H](c3ccccn3)NC(=S)N2c2ccc(NS(C)(=O)=O)cc2)c(C)n1-c1ccc(Cl)cc1. The molecule has 0 radical (unpaired) electrons. The number of pyridine rings is 1. The minimum Gasteiger partial charge on any atom is -0.351 e. The third kappa shape index (κ3) is 5.07. The summed E-state index contributed by atoms with van der Waals surface area (Å²) in [7, 11) is -3.38. The van der Waals surface area contributed by atoms with Gasteiger partial charge in [-0.15, -0.1) is 0 Å². The number of thiocarbonyl (C=S) groups is 1. The van der Waals surface area contributed by atoms with Gasteiger partial charge in [-0.1, -0.05) is 17.7 Å². The van der Waals surface area contributed by atoms with Gasteiger partial charge in [-0.25, -0.2) is 8.42 Å². The molecular weight excluding hydrogens is 526 g/mol. The van der Waals surface area contributed by atoms with Crippen LogP contribution in [0.25, 0.3) is 5.69 Å².